The molecule has 2 aromatic carbocycles. The van der Waals surface area contributed by atoms with Crippen LogP contribution in [0.4, 0.5) is 11.4 Å². The molecule has 2 amide bonds. The Kier molecular flexibility index (Phi) is 5.01. The molecule has 0 atom stereocenters. The molecule has 0 unspecified atom stereocenters. The highest BCUT2D eigenvalue weighted by Crippen LogP contribution is 2.36. The monoisotopic (exact) mass is 428 g/mol. The van der Waals surface area contributed by atoms with Crippen molar-refractivity contribution >= 4 is 34.0 Å². The molecule has 162 valence electrons. The van der Waals surface area contributed by atoms with Crippen molar-refractivity contribution < 1.29 is 14.7 Å². The van der Waals surface area contributed by atoms with Gasteiger partial charge < -0.3 is 19.8 Å². The van der Waals surface area contributed by atoms with E-state index in [2.05, 4.69) is 16.5 Å². The second-order valence-corrected chi connectivity index (χ2v) is 8.11. The number of nitrogens with zero attached hydrogens (tertiary/aromatic N) is 4. The highest BCUT2D eigenvalue weighted by atomic mass is 16.3. The number of phenols is 1. The summed E-state index contributed by atoms with van der Waals surface area (Å²) in [5.41, 5.74) is 3.51. The van der Waals surface area contributed by atoms with Crippen LogP contribution in [0.1, 0.15) is 11.3 Å². The molecule has 1 aromatic heterocycles. The number of carbonyl (C=O) groups excluding carboxylic acids is 2. The van der Waals surface area contributed by atoms with Crippen molar-refractivity contribution in [3.05, 3.63) is 72.6 Å². The summed E-state index contributed by atoms with van der Waals surface area (Å²) in [6, 6.07) is 13.0. The van der Waals surface area contributed by atoms with Gasteiger partial charge in [-0.05, 0) is 23.6 Å². The van der Waals surface area contributed by atoms with Gasteiger partial charge in [0, 0.05) is 55.1 Å². The van der Waals surface area contributed by atoms with Crippen molar-refractivity contribution in [3.63, 3.8) is 0 Å². The third kappa shape index (κ3) is 3.45. The number of amides is 2. The van der Waals surface area contributed by atoms with Crippen LogP contribution >= 0.6 is 0 Å². The average molecular weight is 428 g/mol. The fourth-order valence-corrected chi connectivity index (χ4v) is 4.65. The van der Waals surface area contributed by atoms with Crippen LogP contribution in [0.3, 0.4) is 0 Å². The molecule has 7 nitrogen and oxygen atoms in total. The summed E-state index contributed by atoms with van der Waals surface area (Å²) in [7, 11) is 0. The van der Waals surface area contributed by atoms with Gasteiger partial charge in [-0.3, -0.25) is 14.6 Å². The quantitative estimate of drug-likeness (QED) is 0.649. The average Bonchev–Trinajstić information content (AvgIpc) is 2.82. The molecule has 0 bridgehead atoms. The van der Waals surface area contributed by atoms with Crippen LogP contribution in [0.2, 0.25) is 0 Å². The minimum absolute atomic E-state index is 0.0250. The zero-order valence-electron chi connectivity index (χ0n) is 17.7. The highest BCUT2D eigenvalue weighted by molar-refractivity contribution is 6.06. The number of aromatic hydroxyl groups is 1. The number of carbonyl (C=O) groups is 2. The summed E-state index contributed by atoms with van der Waals surface area (Å²) < 4.78 is 0. The SMILES string of the molecule is C=CC(=O)N1CCN(c2ccnc3c2CC(=O)N(c2cc(O)cc4ccccc24)C3)CC1. The Balaban J connectivity index is 1.45. The first-order valence-corrected chi connectivity index (χ1v) is 10.7. The number of pyridine rings is 1. The number of aromatic nitrogens is 1. The summed E-state index contributed by atoms with van der Waals surface area (Å²) in [5.74, 6) is 0.0551. The maximum Gasteiger partial charge on any atom is 0.246 e. The molecule has 0 spiro atoms. The van der Waals surface area contributed by atoms with Gasteiger partial charge in [0.25, 0.3) is 0 Å². The predicted molar refractivity (Wildman–Crippen MR) is 124 cm³/mol. The summed E-state index contributed by atoms with van der Waals surface area (Å²) in [6.07, 6.45) is 3.38. The van der Waals surface area contributed by atoms with E-state index >= 15 is 0 Å². The first-order chi connectivity index (χ1) is 15.5. The maximum atomic E-state index is 13.3. The van der Waals surface area contributed by atoms with Crippen LogP contribution in [0.15, 0.2) is 61.3 Å². The lowest BCUT2D eigenvalue weighted by Crippen LogP contribution is -2.49. The lowest BCUT2D eigenvalue weighted by molar-refractivity contribution is -0.126. The fraction of sp³-hybridized carbons (Fsp3) is 0.240. The van der Waals surface area contributed by atoms with Gasteiger partial charge in [0.05, 0.1) is 24.3 Å². The van der Waals surface area contributed by atoms with Gasteiger partial charge in [0.15, 0.2) is 0 Å². The van der Waals surface area contributed by atoms with Gasteiger partial charge >= 0.3 is 0 Å². The number of piperazine rings is 1. The second kappa shape index (κ2) is 8.00. The van der Waals surface area contributed by atoms with E-state index in [4.69, 9.17) is 0 Å². The Hall–Kier alpha value is -3.87. The topological polar surface area (TPSA) is 77.0 Å². The van der Waals surface area contributed by atoms with Gasteiger partial charge in [-0.1, -0.05) is 30.8 Å². The first-order valence-electron chi connectivity index (χ1n) is 10.7. The number of rotatable bonds is 3. The summed E-state index contributed by atoms with van der Waals surface area (Å²) in [6.45, 7) is 6.56. The normalized spacial score (nSPS) is 16.2. The predicted octanol–water partition coefficient (Wildman–Crippen LogP) is 2.86. The molecule has 1 fully saturated rings. The smallest absolute Gasteiger partial charge is 0.246 e. The Labute approximate surface area is 186 Å². The Morgan fingerprint density at radius 3 is 2.62 bits per heavy atom. The molecular weight excluding hydrogens is 404 g/mol. The summed E-state index contributed by atoms with van der Waals surface area (Å²) in [4.78, 5) is 35.5. The molecule has 3 heterocycles. The Bertz CT molecular complexity index is 1230. The van der Waals surface area contributed by atoms with Gasteiger partial charge in [0.2, 0.25) is 11.8 Å². The minimum Gasteiger partial charge on any atom is -0.508 e. The maximum absolute atomic E-state index is 13.3. The molecule has 0 aliphatic carbocycles. The summed E-state index contributed by atoms with van der Waals surface area (Å²) >= 11 is 0. The molecule has 0 saturated carbocycles. The van der Waals surface area contributed by atoms with Crippen LogP contribution in [0.25, 0.3) is 10.8 Å². The molecule has 32 heavy (non-hydrogen) atoms. The molecule has 3 aromatic rings. The van der Waals surface area contributed by atoms with Crippen LogP contribution in [-0.2, 0) is 22.6 Å². The van der Waals surface area contributed by atoms with E-state index in [0.717, 1.165) is 27.7 Å². The van der Waals surface area contributed by atoms with E-state index in [1.165, 1.54) is 6.08 Å². The zero-order chi connectivity index (χ0) is 22.2. The van der Waals surface area contributed by atoms with Crippen LogP contribution in [0.5, 0.6) is 5.75 Å². The lowest BCUT2D eigenvalue weighted by Gasteiger charge is -2.38. The number of anilines is 2. The fourth-order valence-electron chi connectivity index (χ4n) is 4.65. The molecule has 1 N–H and O–H groups in total. The van der Waals surface area contributed by atoms with Crippen LogP contribution in [0, 0.1) is 0 Å². The molecule has 2 aliphatic heterocycles. The number of hydrogen-bond acceptors (Lipinski definition) is 5. The third-order valence-corrected chi connectivity index (χ3v) is 6.28. The Morgan fingerprint density at radius 2 is 1.84 bits per heavy atom. The van der Waals surface area contributed by atoms with Crippen molar-refractivity contribution in [1.82, 2.24) is 9.88 Å². The van der Waals surface area contributed by atoms with E-state index < -0.39 is 0 Å². The van der Waals surface area contributed by atoms with Crippen LogP contribution in [-0.4, -0.2) is 53.0 Å². The van der Waals surface area contributed by atoms with Gasteiger partial charge in [-0.2, -0.15) is 0 Å². The van der Waals surface area contributed by atoms with Crippen molar-refractivity contribution in [2.45, 2.75) is 13.0 Å². The molecular formula is C25H24N4O3. The van der Waals surface area contributed by atoms with E-state index in [1.54, 1.807) is 28.1 Å². The number of phenolic OH excluding ortho intramolecular Hbond substituents is 1. The number of hydrogen-bond donors (Lipinski definition) is 1. The second-order valence-electron chi connectivity index (χ2n) is 8.11. The largest absolute Gasteiger partial charge is 0.508 e. The van der Waals surface area contributed by atoms with E-state index in [0.29, 0.717) is 38.4 Å². The lowest BCUT2D eigenvalue weighted by atomic mass is 9.99. The Morgan fingerprint density at radius 1 is 1.06 bits per heavy atom. The number of fused-ring (bicyclic) bond motifs is 2. The number of benzene rings is 2. The van der Waals surface area contributed by atoms with E-state index in [9.17, 15) is 14.7 Å². The van der Waals surface area contributed by atoms with Gasteiger partial charge in [-0.15, -0.1) is 0 Å². The molecule has 0 radical (unpaired) electrons. The minimum atomic E-state index is -0.0504. The van der Waals surface area contributed by atoms with Crippen LogP contribution < -0.4 is 9.80 Å². The third-order valence-electron chi connectivity index (χ3n) is 6.28. The van der Waals surface area contributed by atoms with Crippen molar-refractivity contribution in [2.75, 3.05) is 36.0 Å². The summed E-state index contributed by atoms with van der Waals surface area (Å²) in [5, 5.41) is 12.0. The molecule has 5 rings (SSSR count). The molecule has 7 heteroatoms. The van der Waals surface area contributed by atoms with Gasteiger partial charge in [-0.25, -0.2) is 0 Å². The first kappa shape index (κ1) is 20.1. The standard InChI is InChI=1S/C25H24N4O3/c1-2-24(31)28-11-9-27(10-12-28)22-7-8-26-21-16-29(25(32)15-20(21)22)23-14-18(30)13-17-5-3-4-6-19(17)23/h2-8,13-14,30H,1,9-12,15-16H2. The molecule has 2 aliphatic rings. The molecule has 1 saturated heterocycles. The van der Waals surface area contributed by atoms with E-state index in [1.807, 2.05) is 30.3 Å². The van der Waals surface area contributed by atoms with E-state index in [-0.39, 0.29) is 24.0 Å². The zero-order valence-corrected chi connectivity index (χ0v) is 17.7. The van der Waals surface area contributed by atoms with Crippen molar-refractivity contribution in [1.29, 1.82) is 0 Å². The highest BCUT2D eigenvalue weighted by Gasteiger charge is 2.30. The van der Waals surface area contributed by atoms with Gasteiger partial charge in [0.1, 0.15) is 5.75 Å². The van der Waals surface area contributed by atoms with Crippen molar-refractivity contribution in [2.24, 2.45) is 0 Å². The van der Waals surface area contributed by atoms with Crippen molar-refractivity contribution in [3.8, 4) is 5.75 Å².